The Bertz CT molecular complexity index is 1740. The number of carbonyl (C=O) groups excluding carboxylic acids is 4. The first-order valence-electron chi connectivity index (χ1n) is 13.2. The molecule has 1 heterocycles. The van der Waals surface area contributed by atoms with Gasteiger partial charge in [-0.25, -0.2) is 4.90 Å². The fraction of sp³-hybridized carbons (Fsp3) is 0.0909. The molecular formula is C33H25Cl2N3O4S. The first kappa shape index (κ1) is 30.1. The van der Waals surface area contributed by atoms with E-state index in [0.717, 1.165) is 16.0 Å². The topological polar surface area (TPSA) is 95.6 Å². The summed E-state index contributed by atoms with van der Waals surface area (Å²) in [5.74, 6) is -1.65. The molecule has 7 nitrogen and oxygen atoms in total. The highest BCUT2D eigenvalue weighted by Gasteiger charge is 2.40. The lowest BCUT2D eigenvalue weighted by atomic mass is 10.1. The Kier molecular flexibility index (Phi) is 9.31. The minimum absolute atomic E-state index is 0.00921. The number of rotatable bonds is 8. The van der Waals surface area contributed by atoms with Crippen molar-refractivity contribution in [3.8, 4) is 0 Å². The van der Waals surface area contributed by atoms with Crippen LogP contribution in [0.5, 0.6) is 0 Å². The lowest BCUT2D eigenvalue weighted by Crippen LogP contribution is -2.31. The standard InChI is InChI=1S/C33H25Cl2N3O4S/c1-20-10-12-21(13-11-20)16-28(37-31(40)22-6-3-2-4-7-22)32(41)36-23-8-5-9-25(17-23)43-29-19-30(39)38(33(29)42)24-14-15-26(34)27(35)18-24/h2-18,29H,19H2,1H3,(H,36,41)(H,37,40)/b28-16-. The number of aryl methyl sites for hydroxylation is 1. The predicted molar refractivity (Wildman–Crippen MR) is 171 cm³/mol. The molecule has 1 saturated heterocycles. The number of anilines is 2. The number of halogens is 2. The fourth-order valence-electron chi connectivity index (χ4n) is 4.37. The fourth-order valence-corrected chi connectivity index (χ4v) is 5.78. The van der Waals surface area contributed by atoms with Crippen LogP contribution in [-0.4, -0.2) is 28.9 Å². The summed E-state index contributed by atoms with van der Waals surface area (Å²) in [7, 11) is 0. The maximum Gasteiger partial charge on any atom is 0.272 e. The monoisotopic (exact) mass is 629 g/mol. The van der Waals surface area contributed by atoms with E-state index in [1.807, 2.05) is 31.2 Å². The highest BCUT2D eigenvalue weighted by Crippen LogP contribution is 2.36. The largest absolute Gasteiger partial charge is 0.321 e. The van der Waals surface area contributed by atoms with E-state index in [1.165, 1.54) is 23.9 Å². The minimum atomic E-state index is -0.657. The molecule has 2 N–H and O–H groups in total. The van der Waals surface area contributed by atoms with Crippen molar-refractivity contribution >= 4 is 76.0 Å². The van der Waals surface area contributed by atoms with E-state index >= 15 is 0 Å². The molecule has 0 saturated carbocycles. The maximum atomic E-state index is 13.4. The molecule has 0 radical (unpaired) electrons. The summed E-state index contributed by atoms with van der Waals surface area (Å²) < 4.78 is 0. The van der Waals surface area contributed by atoms with Crippen LogP contribution in [0.2, 0.25) is 10.0 Å². The molecule has 0 aliphatic carbocycles. The number of amides is 4. The SMILES string of the molecule is Cc1ccc(/C=C(\NC(=O)c2ccccc2)C(=O)Nc2cccc(SC3CC(=O)N(c4ccc(Cl)c(Cl)c4)C3=O)c2)cc1. The molecule has 4 amide bonds. The van der Waals surface area contributed by atoms with Crippen molar-refractivity contribution in [2.75, 3.05) is 10.2 Å². The van der Waals surface area contributed by atoms with Gasteiger partial charge in [0, 0.05) is 22.6 Å². The second kappa shape index (κ2) is 13.3. The van der Waals surface area contributed by atoms with Gasteiger partial charge < -0.3 is 10.6 Å². The summed E-state index contributed by atoms with van der Waals surface area (Å²) in [5, 5.41) is 5.48. The van der Waals surface area contributed by atoms with E-state index in [4.69, 9.17) is 23.2 Å². The summed E-state index contributed by atoms with van der Waals surface area (Å²) in [6.45, 7) is 1.96. The van der Waals surface area contributed by atoms with Gasteiger partial charge in [0.2, 0.25) is 11.8 Å². The van der Waals surface area contributed by atoms with E-state index < -0.39 is 17.1 Å². The molecule has 4 aromatic carbocycles. The van der Waals surface area contributed by atoms with Crippen LogP contribution in [0.3, 0.4) is 0 Å². The van der Waals surface area contributed by atoms with Gasteiger partial charge in [-0.3, -0.25) is 19.2 Å². The van der Waals surface area contributed by atoms with Gasteiger partial charge in [-0.1, -0.05) is 77.3 Å². The normalized spacial score (nSPS) is 15.0. The van der Waals surface area contributed by atoms with Crippen LogP contribution >= 0.6 is 35.0 Å². The molecule has 0 spiro atoms. The van der Waals surface area contributed by atoms with Crippen LogP contribution in [-0.2, 0) is 14.4 Å². The van der Waals surface area contributed by atoms with Gasteiger partial charge in [-0.05, 0) is 67.1 Å². The van der Waals surface area contributed by atoms with Gasteiger partial charge in [0.1, 0.15) is 5.70 Å². The number of hydrogen-bond acceptors (Lipinski definition) is 5. The Morgan fingerprint density at radius 3 is 2.35 bits per heavy atom. The average Bonchev–Trinajstić information content (AvgIpc) is 3.27. The molecule has 1 aliphatic heterocycles. The van der Waals surface area contributed by atoms with Crippen molar-refractivity contribution in [1.82, 2.24) is 5.32 Å². The molecule has 43 heavy (non-hydrogen) atoms. The van der Waals surface area contributed by atoms with Gasteiger partial charge in [0.15, 0.2) is 0 Å². The maximum absolute atomic E-state index is 13.4. The molecule has 5 rings (SSSR count). The van der Waals surface area contributed by atoms with Gasteiger partial charge in [0.25, 0.3) is 11.8 Å². The third-order valence-electron chi connectivity index (χ3n) is 6.55. The zero-order chi connectivity index (χ0) is 30.5. The molecule has 10 heteroatoms. The first-order chi connectivity index (χ1) is 20.7. The van der Waals surface area contributed by atoms with Crippen molar-refractivity contribution in [1.29, 1.82) is 0 Å². The number of imide groups is 1. The highest BCUT2D eigenvalue weighted by atomic mass is 35.5. The second-order valence-electron chi connectivity index (χ2n) is 9.75. The number of hydrogen-bond donors (Lipinski definition) is 2. The van der Waals surface area contributed by atoms with Crippen LogP contribution in [0, 0.1) is 6.92 Å². The number of benzene rings is 4. The lowest BCUT2D eigenvalue weighted by molar-refractivity contribution is -0.121. The Balaban J connectivity index is 1.32. The van der Waals surface area contributed by atoms with Gasteiger partial charge >= 0.3 is 0 Å². The number of nitrogens with zero attached hydrogens (tertiary/aromatic N) is 1. The summed E-state index contributed by atoms with van der Waals surface area (Å²) in [5.41, 5.74) is 3.09. The Hall–Kier alpha value is -4.37. The molecule has 4 aromatic rings. The van der Waals surface area contributed by atoms with E-state index in [0.29, 0.717) is 26.9 Å². The van der Waals surface area contributed by atoms with E-state index in [9.17, 15) is 19.2 Å². The minimum Gasteiger partial charge on any atom is -0.321 e. The summed E-state index contributed by atoms with van der Waals surface area (Å²) in [6, 6.07) is 27.7. The van der Waals surface area contributed by atoms with Crippen LogP contribution in [0.25, 0.3) is 6.08 Å². The predicted octanol–water partition coefficient (Wildman–Crippen LogP) is 7.14. The number of carbonyl (C=O) groups is 4. The molecule has 1 atom stereocenters. The van der Waals surface area contributed by atoms with Crippen LogP contribution in [0.1, 0.15) is 27.9 Å². The molecule has 0 bridgehead atoms. The van der Waals surface area contributed by atoms with Crippen molar-refractivity contribution in [3.05, 3.63) is 129 Å². The van der Waals surface area contributed by atoms with Crippen LogP contribution in [0.15, 0.2) is 108 Å². The van der Waals surface area contributed by atoms with Gasteiger partial charge in [-0.2, -0.15) is 0 Å². The van der Waals surface area contributed by atoms with E-state index in [-0.39, 0.29) is 29.0 Å². The number of thioether (sulfide) groups is 1. The Morgan fingerprint density at radius 1 is 0.884 bits per heavy atom. The summed E-state index contributed by atoms with van der Waals surface area (Å²) >= 11 is 13.3. The Labute approximate surface area is 262 Å². The lowest BCUT2D eigenvalue weighted by Gasteiger charge is -2.16. The van der Waals surface area contributed by atoms with Gasteiger partial charge in [0.05, 0.1) is 21.0 Å². The van der Waals surface area contributed by atoms with Crippen molar-refractivity contribution in [3.63, 3.8) is 0 Å². The Morgan fingerprint density at radius 2 is 1.63 bits per heavy atom. The quantitative estimate of drug-likeness (QED) is 0.160. The number of nitrogens with one attached hydrogen (secondary N) is 2. The highest BCUT2D eigenvalue weighted by molar-refractivity contribution is 8.00. The van der Waals surface area contributed by atoms with Gasteiger partial charge in [-0.15, -0.1) is 11.8 Å². The molecule has 1 unspecified atom stereocenters. The van der Waals surface area contributed by atoms with Crippen LogP contribution in [0.4, 0.5) is 11.4 Å². The van der Waals surface area contributed by atoms with E-state index in [2.05, 4.69) is 10.6 Å². The third kappa shape index (κ3) is 7.35. The third-order valence-corrected chi connectivity index (χ3v) is 8.47. The van der Waals surface area contributed by atoms with Crippen molar-refractivity contribution in [2.45, 2.75) is 23.5 Å². The van der Waals surface area contributed by atoms with E-state index in [1.54, 1.807) is 66.7 Å². The zero-order valence-corrected chi connectivity index (χ0v) is 25.2. The van der Waals surface area contributed by atoms with Crippen LogP contribution < -0.4 is 15.5 Å². The molecule has 0 aromatic heterocycles. The molecule has 216 valence electrons. The average molecular weight is 631 g/mol. The molecular weight excluding hydrogens is 605 g/mol. The smallest absolute Gasteiger partial charge is 0.272 e. The molecule has 1 aliphatic rings. The second-order valence-corrected chi connectivity index (χ2v) is 11.8. The first-order valence-corrected chi connectivity index (χ1v) is 14.9. The summed E-state index contributed by atoms with van der Waals surface area (Å²) in [4.78, 5) is 54.1. The summed E-state index contributed by atoms with van der Waals surface area (Å²) in [6.07, 6.45) is 1.61. The zero-order valence-electron chi connectivity index (χ0n) is 22.8. The molecule has 1 fully saturated rings. The van der Waals surface area contributed by atoms with Crippen molar-refractivity contribution in [2.24, 2.45) is 0 Å². The van der Waals surface area contributed by atoms with Crippen molar-refractivity contribution < 1.29 is 19.2 Å².